The van der Waals surface area contributed by atoms with Crippen molar-refractivity contribution >= 4 is 28.6 Å². The molecule has 8 nitrogen and oxygen atoms in total. The van der Waals surface area contributed by atoms with Gasteiger partial charge in [-0.1, -0.05) is 0 Å². The zero-order chi connectivity index (χ0) is 21.0. The van der Waals surface area contributed by atoms with E-state index in [-0.39, 0.29) is 11.3 Å². The molecule has 0 fully saturated rings. The first-order chi connectivity index (χ1) is 13.9. The number of rotatable bonds is 7. The lowest BCUT2D eigenvalue weighted by atomic mass is 10.1. The summed E-state index contributed by atoms with van der Waals surface area (Å²) in [5.41, 5.74) is 0.173. The van der Waals surface area contributed by atoms with Gasteiger partial charge in [-0.25, -0.2) is 4.98 Å². The van der Waals surface area contributed by atoms with Crippen molar-refractivity contribution in [1.29, 1.82) is 0 Å². The average molecular weight is 421 g/mol. The van der Waals surface area contributed by atoms with E-state index in [1.165, 1.54) is 18.4 Å². The molecule has 0 unspecified atom stereocenters. The highest BCUT2D eigenvalue weighted by Crippen LogP contribution is 2.36. The van der Waals surface area contributed by atoms with Gasteiger partial charge in [0.05, 0.1) is 18.1 Å². The quantitative estimate of drug-likeness (QED) is 0.442. The Labute approximate surface area is 166 Å². The Morgan fingerprint density at radius 2 is 1.97 bits per heavy atom. The summed E-state index contributed by atoms with van der Waals surface area (Å²) in [6, 6.07) is 8.42. The van der Waals surface area contributed by atoms with Crippen LogP contribution in [0, 0.1) is 10.1 Å². The third kappa shape index (κ3) is 4.63. The topological polar surface area (TPSA) is 104 Å². The molecule has 0 saturated carbocycles. The SMILES string of the molecule is COc1cc(C(=O)Nc2ccc(-c3nccs3)cc2)c([N+](=O)[O-])cc1OC(F)F. The molecule has 0 atom stereocenters. The molecule has 1 aromatic heterocycles. The van der Waals surface area contributed by atoms with Gasteiger partial charge in [-0.3, -0.25) is 14.9 Å². The molecule has 29 heavy (non-hydrogen) atoms. The number of hydrogen-bond acceptors (Lipinski definition) is 7. The molecule has 0 aliphatic rings. The van der Waals surface area contributed by atoms with Gasteiger partial charge in [-0.15, -0.1) is 11.3 Å². The van der Waals surface area contributed by atoms with Crippen molar-refractivity contribution in [3.05, 3.63) is 63.7 Å². The Bertz CT molecular complexity index is 1030. The van der Waals surface area contributed by atoms with Crippen LogP contribution in [0.1, 0.15) is 10.4 Å². The number of thiazole rings is 1. The zero-order valence-corrected chi connectivity index (χ0v) is 15.6. The van der Waals surface area contributed by atoms with Crippen LogP contribution < -0.4 is 14.8 Å². The second-order valence-electron chi connectivity index (χ2n) is 5.52. The van der Waals surface area contributed by atoms with E-state index in [0.717, 1.165) is 22.7 Å². The predicted octanol–water partition coefficient (Wildman–Crippen LogP) is 4.58. The number of anilines is 1. The van der Waals surface area contributed by atoms with Crippen LogP contribution in [0.2, 0.25) is 0 Å². The van der Waals surface area contributed by atoms with Crippen molar-refractivity contribution in [3.63, 3.8) is 0 Å². The lowest BCUT2D eigenvalue weighted by Gasteiger charge is -2.12. The smallest absolute Gasteiger partial charge is 0.387 e. The summed E-state index contributed by atoms with van der Waals surface area (Å²) in [5, 5.41) is 16.5. The number of benzene rings is 2. The summed E-state index contributed by atoms with van der Waals surface area (Å²) in [4.78, 5) is 27.2. The molecule has 0 spiro atoms. The minimum absolute atomic E-state index is 0.236. The molecule has 0 aliphatic heterocycles. The fourth-order valence-electron chi connectivity index (χ4n) is 2.49. The number of aromatic nitrogens is 1. The number of nitrogens with one attached hydrogen (secondary N) is 1. The van der Waals surface area contributed by atoms with Gasteiger partial charge in [-0.2, -0.15) is 8.78 Å². The van der Waals surface area contributed by atoms with Crippen LogP contribution in [0.4, 0.5) is 20.2 Å². The van der Waals surface area contributed by atoms with Crippen LogP contribution in [0.5, 0.6) is 11.5 Å². The predicted molar refractivity (Wildman–Crippen MR) is 102 cm³/mol. The summed E-state index contributed by atoms with van der Waals surface area (Å²) in [6.07, 6.45) is 1.67. The molecule has 150 valence electrons. The highest BCUT2D eigenvalue weighted by molar-refractivity contribution is 7.13. The fourth-order valence-corrected chi connectivity index (χ4v) is 3.13. The van der Waals surface area contributed by atoms with Crippen molar-refractivity contribution in [2.24, 2.45) is 0 Å². The minimum atomic E-state index is -3.21. The normalized spacial score (nSPS) is 10.6. The lowest BCUT2D eigenvalue weighted by molar-refractivity contribution is -0.385. The molecule has 3 aromatic rings. The van der Waals surface area contributed by atoms with E-state index >= 15 is 0 Å². The molecular formula is C18H13F2N3O5S. The monoisotopic (exact) mass is 421 g/mol. The minimum Gasteiger partial charge on any atom is -0.493 e. The highest BCUT2D eigenvalue weighted by Gasteiger charge is 2.26. The Morgan fingerprint density at radius 3 is 2.52 bits per heavy atom. The lowest BCUT2D eigenvalue weighted by Crippen LogP contribution is -2.15. The maximum atomic E-state index is 12.6. The van der Waals surface area contributed by atoms with E-state index in [1.54, 1.807) is 30.5 Å². The third-order valence-electron chi connectivity index (χ3n) is 3.76. The first-order valence-electron chi connectivity index (χ1n) is 8.01. The summed E-state index contributed by atoms with van der Waals surface area (Å²) in [6.45, 7) is -3.21. The van der Waals surface area contributed by atoms with E-state index in [4.69, 9.17) is 4.74 Å². The number of carbonyl (C=O) groups excluding carboxylic acids is 1. The first-order valence-corrected chi connectivity index (χ1v) is 8.89. The Hall–Kier alpha value is -3.60. The standard InChI is InChI=1S/C18H13F2N3O5S/c1-27-14-8-12(13(23(25)26)9-15(14)28-18(19)20)16(24)22-11-4-2-10(3-5-11)17-21-6-7-29-17/h2-9,18H,1H3,(H,22,24). The van der Waals surface area contributed by atoms with Gasteiger partial charge in [0.15, 0.2) is 11.5 Å². The first kappa shape index (κ1) is 20.1. The number of hydrogen-bond donors (Lipinski definition) is 1. The van der Waals surface area contributed by atoms with Crippen molar-refractivity contribution in [2.45, 2.75) is 6.61 Å². The third-order valence-corrected chi connectivity index (χ3v) is 4.58. The van der Waals surface area contributed by atoms with Gasteiger partial charge >= 0.3 is 6.61 Å². The van der Waals surface area contributed by atoms with E-state index in [0.29, 0.717) is 5.69 Å². The van der Waals surface area contributed by atoms with Gasteiger partial charge in [0.2, 0.25) is 0 Å². The molecule has 1 N–H and O–H groups in total. The maximum Gasteiger partial charge on any atom is 0.387 e. The summed E-state index contributed by atoms with van der Waals surface area (Å²) < 4.78 is 34.2. The number of carbonyl (C=O) groups is 1. The molecule has 1 amide bonds. The molecule has 3 rings (SSSR count). The van der Waals surface area contributed by atoms with Gasteiger partial charge < -0.3 is 14.8 Å². The van der Waals surface area contributed by atoms with Gasteiger partial charge in [0.1, 0.15) is 10.6 Å². The summed E-state index contributed by atoms with van der Waals surface area (Å²) >= 11 is 1.45. The van der Waals surface area contributed by atoms with Crippen LogP contribution in [0.15, 0.2) is 48.0 Å². The number of halogens is 2. The van der Waals surface area contributed by atoms with Crippen LogP contribution in [0.3, 0.4) is 0 Å². The van der Waals surface area contributed by atoms with Crippen LogP contribution in [-0.4, -0.2) is 29.5 Å². The number of methoxy groups -OCH3 is 1. The molecule has 0 saturated heterocycles. The van der Waals surface area contributed by atoms with Crippen molar-refractivity contribution in [3.8, 4) is 22.1 Å². The van der Waals surface area contributed by atoms with E-state index < -0.39 is 28.9 Å². The van der Waals surface area contributed by atoms with Gasteiger partial charge in [0.25, 0.3) is 11.6 Å². The highest BCUT2D eigenvalue weighted by atomic mass is 32.1. The van der Waals surface area contributed by atoms with Gasteiger partial charge in [-0.05, 0) is 24.3 Å². The molecule has 0 radical (unpaired) electrons. The molecule has 0 bridgehead atoms. The Morgan fingerprint density at radius 1 is 1.24 bits per heavy atom. The summed E-state index contributed by atoms with van der Waals surface area (Å²) in [7, 11) is 1.17. The maximum absolute atomic E-state index is 12.6. The number of nitro benzene ring substituents is 1. The van der Waals surface area contributed by atoms with Crippen molar-refractivity contribution in [2.75, 3.05) is 12.4 Å². The number of alkyl halides is 2. The Kier molecular flexibility index (Phi) is 5.98. The molecule has 2 aromatic carbocycles. The largest absolute Gasteiger partial charge is 0.493 e. The molecular weight excluding hydrogens is 408 g/mol. The van der Waals surface area contributed by atoms with E-state index in [2.05, 4.69) is 15.0 Å². The van der Waals surface area contributed by atoms with Crippen molar-refractivity contribution < 1.29 is 28.0 Å². The number of ether oxygens (including phenoxy) is 2. The summed E-state index contributed by atoms with van der Waals surface area (Å²) in [5.74, 6) is -1.58. The second-order valence-corrected chi connectivity index (χ2v) is 6.42. The van der Waals surface area contributed by atoms with Crippen molar-refractivity contribution in [1.82, 2.24) is 4.98 Å². The second kappa shape index (κ2) is 8.61. The molecule has 0 aliphatic carbocycles. The fraction of sp³-hybridized carbons (Fsp3) is 0.111. The zero-order valence-electron chi connectivity index (χ0n) is 14.8. The molecule has 11 heteroatoms. The van der Waals surface area contributed by atoms with Crippen LogP contribution >= 0.6 is 11.3 Å². The van der Waals surface area contributed by atoms with Gasteiger partial charge in [0, 0.05) is 28.9 Å². The van der Waals surface area contributed by atoms with Crippen LogP contribution in [0.25, 0.3) is 10.6 Å². The Balaban J connectivity index is 1.88. The molecule has 1 heterocycles. The van der Waals surface area contributed by atoms with E-state index in [9.17, 15) is 23.7 Å². The number of nitrogens with zero attached hydrogens (tertiary/aromatic N) is 2. The van der Waals surface area contributed by atoms with Crippen LogP contribution in [-0.2, 0) is 0 Å². The average Bonchev–Trinajstić information content (AvgIpc) is 3.22. The number of amides is 1. The number of nitro groups is 1. The van der Waals surface area contributed by atoms with E-state index in [1.807, 2.05) is 5.38 Å².